The molecule has 0 unspecified atom stereocenters. The Kier molecular flexibility index (Phi) is 5.52. The van der Waals surface area contributed by atoms with E-state index in [1.807, 2.05) is 60.7 Å². The van der Waals surface area contributed by atoms with E-state index in [0.717, 1.165) is 17.5 Å². The minimum Gasteiger partial charge on any atom is -0.484 e. The highest BCUT2D eigenvalue weighted by Gasteiger charge is 2.09. The van der Waals surface area contributed by atoms with Crippen molar-refractivity contribution in [3.63, 3.8) is 0 Å². The average molecular weight is 387 g/mol. The number of amides is 1. The predicted octanol–water partition coefficient (Wildman–Crippen LogP) is 4.15. The van der Waals surface area contributed by atoms with E-state index in [0.29, 0.717) is 29.4 Å². The molecule has 0 spiro atoms. The Hall–Kier alpha value is -3.67. The second-order valence-electron chi connectivity index (χ2n) is 6.60. The van der Waals surface area contributed by atoms with Gasteiger partial charge in [-0.25, -0.2) is 4.98 Å². The first-order chi connectivity index (χ1) is 14.2. The number of oxazole rings is 1. The van der Waals surface area contributed by atoms with E-state index in [9.17, 15) is 4.79 Å². The number of aromatic nitrogens is 2. The molecular weight excluding hydrogens is 366 g/mol. The van der Waals surface area contributed by atoms with Crippen molar-refractivity contribution in [1.82, 2.24) is 15.3 Å². The summed E-state index contributed by atoms with van der Waals surface area (Å²) in [6.07, 6.45) is 2.66. The summed E-state index contributed by atoms with van der Waals surface area (Å²) in [5.74, 6) is 1.05. The number of carbonyl (C=O) groups excluding carboxylic acids is 1. The quantitative estimate of drug-likeness (QED) is 0.515. The van der Waals surface area contributed by atoms with Crippen LogP contribution in [0.15, 0.2) is 71.3 Å². The molecule has 4 rings (SSSR count). The second-order valence-corrected chi connectivity index (χ2v) is 6.60. The summed E-state index contributed by atoms with van der Waals surface area (Å²) >= 11 is 0. The van der Waals surface area contributed by atoms with Crippen LogP contribution >= 0.6 is 0 Å². The van der Waals surface area contributed by atoms with Crippen molar-refractivity contribution in [2.75, 3.05) is 6.61 Å². The first kappa shape index (κ1) is 18.7. The van der Waals surface area contributed by atoms with Crippen molar-refractivity contribution >= 4 is 17.1 Å². The lowest BCUT2D eigenvalue weighted by molar-refractivity contribution is -0.123. The highest BCUT2D eigenvalue weighted by Crippen LogP contribution is 2.23. The van der Waals surface area contributed by atoms with E-state index >= 15 is 0 Å². The number of nitrogens with one attached hydrogen (secondary N) is 1. The highest BCUT2D eigenvalue weighted by atomic mass is 16.5. The third-order valence-corrected chi connectivity index (χ3v) is 4.56. The molecule has 6 heteroatoms. The number of rotatable bonds is 7. The molecule has 2 aromatic heterocycles. The van der Waals surface area contributed by atoms with Gasteiger partial charge in [-0.05, 0) is 53.9 Å². The molecule has 0 bridgehead atoms. The third kappa shape index (κ3) is 4.60. The SMILES string of the molecule is CCc1ccc(OCC(=O)NCc2ccc(-c3nc4ncccc4o3)cc2)cc1. The maximum atomic E-state index is 12.0. The van der Waals surface area contributed by atoms with Crippen molar-refractivity contribution in [3.8, 4) is 17.2 Å². The Balaban J connectivity index is 1.29. The van der Waals surface area contributed by atoms with Crippen LogP contribution in [0.25, 0.3) is 22.7 Å². The van der Waals surface area contributed by atoms with Crippen molar-refractivity contribution in [2.45, 2.75) is 19.9 Å². The molecule has 0 atom stereocenters. The lowest BCUT2D eigenvalue weighted by Crippen LogP contribution is -2.28. The number of ether oxygens (including phenoxy) is 1. The molecule has 2 heterocycles. The molecule has 29 heavy (non-hydrogen) atoms. The molecule has 0 radical (unpaired) electrons. The number of pyridine rings is 1. The Labute approximate surface area is 168 Å². The molecule has 146 valence electrons. The number of aryl methyl sites for hydroxylation is 1. The normalized spacial score (nSPS) is 10.8. The Morgan fingerprint density at radius 3 is 2.52 bits per heavy atom. The largest absolute Gasteiger partial charge is 0.484 e. The topological polar surface area (TPSA) is 77.2 Å². The monoisotopic (exact) mass is 387 g/mol. The van der Waals surface area contributed by atoms with Crippen LogP contribution in [0.3, 0.4) is 0 Å². The molecule has 1 amide bonds. The van der Waals surface area contributed by atoms with E-state index < -0.39 is 0 Å². The number of hydrogen-bond donors (Lipinski definition) is 1. The van der Waals surface area contributed by atoms with Gasteiger partial charge in [0.1, 0.15) is 5.75 Å². The van der Waals surface area contributed by atoms with Gasteiger partial charge >= 0.3 is 0 Å². The third-order valence-electron chi connectivity index (χ3n) is 4.56. The van der Waals surface area contributed by atoms with Gasteiger partial charge in [-0.15, -0.1) is 0 Å². The summed E-state index contributed by atoms with van der Waals surface area (Å²) in [5.41, 5.74) is 4.31. The van der Waals surface area contributed by atoms with E-state index in [1.54, 1.807) is 6.20 Å². The fourth-order valence-corrected chi connectivity index (χ4v) is 2.88. The highest BCUT2D eigenvalue weighted by molar-refractivity contribution is 5.77. The fourth-order valence-electron chi connectivity index (χ4n) is 2.88. The van der Waals surface area contributed by atoms with Gasteiger partial charge in [-0.2, -0.15) is 4.98 Å². The second kappa shape index (κ2) is 8.56. The molecule has 0 aliphatic rings. The van der Waals surface area contributed by atoms with Crippen molar-refractivity contribution in [1.29, 1.82) is 0 Å². The summed E-state index contributed by atoms with van der Waals surface area (Å²) in [7, 11) is 0. The molecule has 1 N–H and O–H groups in total. The van der Waals surface area contributed by atoms with Crippen molar-refractivity contribution in [3.05, 3.63) is 78.0 Å². The summed E-state index contributed by atoms with van der Waals surface area (Å²) in [5, 5.41) is 2.86. The van der Waals surface area contributed by atoms with Crippen molar-refractivity contribution in [2.24, 2.45) is 0 Å². The van der Waals surface area contributed by atoms with Gasteiger partial charge in [0.25, 0.3) is 5.91 Å². The van der Waals surface area contributed by atoms with Gasteiger partial charge < -0.3 is 14.5 Å². The van der Waals surface area contributed by atoms with Gasteiger partial charge in [-0.1, -0.05) is 31.2 Å². The molecular formula is C23H21N3O3. The summed E-state index contributed by atoms with van der Waals surface area (Å²) in [4.78, 5) is 20.6. The first-order valence-corrected chi connectivity index (χ1v) is 9.50. The Bertz CT molecular complexity index is 1070. The molecule has 0 fully saturated rings. The molecule has 6 nitrogen and oxygen atoms in total. The minimum atomic E-state index is -0.168. The molecule has 2 aromatic carbocycles. The van der Waals surface area contributed by atoms with Crippen LogP contribution in [0.4, 0.5) is 0 Å². The minimum absolute atomic E-state index is 0.0144. The standard InChI is InChI=1S/C23H21N3O3/c1-2-16-7-11-19(12-8-16)28-15-21(27)25-14-17-5-9-18(10-6-17)23-26-22-20(29-23)4-3-13-24-22/h3-13H,2,14-15H2,1H3,(H,25,27). The van der Waals surface area contributed by atoms with Crippen LogP contribution in [0.2, 0.25) is 0 Å². The van der Waals surface area contributed by atoms with E-state index in [4.69, 9.17) is 9.15 Å². The van der Waals surface area contributed by atoms with Crippen LogP contribution in [0, 0.1) is 0 Å². The summed E-state index contributed by atoms with van der Waals surface area (Å²) in [6, 6.07) is 19.1. The molecule has 0 saturated carbocycles. The molecule has 0 saturated heterocycles. The van der Waals surface area contributed by atoms with E-state index in [1.165, 1.54) is 5.56 Å². The lowest BCUT2D eigenvalue weighted by atomic mass is 10.1. The number of nitrogens with zero attached hydrogens (tertiary/aromatic N) is 2. The van der Waals surface area contributed by atoms with Gasteiger partial charge in [0.2, 0.25) is 5.89 Å². The van der Waals surface area contributed by atoms with Crippen LogP contribution in [-0.2, 0) is 17.8 Å². The van der Waals surface area contributed by atoms with E-state index in [2.05, 4.69) is 22.2 Å². The smallest absolute Gasteiger partial charge is 0.258 e. The molecule has 0 aliphatic carbocycles. The zero-order chi connectivity index (χ0) is 20.1. The first-order valence-electron chi connectivity index (χ1n) is 9.50. The van der Waals surface area contributed by atoms with Crippen LogP contribution in [-0.4, -0.2) is 22.5 Å². The average Bonchev–Trinajstić information content (AvgIpc) is 3.21. The van der Waals surface area contributed by atoms with Gasteiger partial charge in [0.15, 0.2) is 17.8 Å². The fraction of sp³-hybridized carbons (Fsp3) is 0.174. The number of benzene rings is 2. The van der Waals surface area contributed by atoms with Crippen LogP contribution < -0.4 is 10.1 Å². The lowest BCUT2D eigenvalue weighted by Gasteiger charge is -2.08. The maximum absolute atomic E-state index is 12.0. The summed E-state index contributed by atoms with van der Waals surface area (Å²) in [6.45, 7) is 2.51. The zero-order valence-corrected chi connectivity index (χ0v) is 16.1. The predicted molar refractivity (Wildman–Crippen MR) is 110 cm³/mol. The number of carbonyl (C=O) groups is 1. The zero-order valence-electron chi connectivity index (χ0n) is 16.1. The van der Waals surface area contributed by atoms with Crippen LogP contribution in [0.1, 0.15) is 18.1 Å². The molecule has 0 aliphatic heterocycles. The molecule has 4 aromatic rings. The van der Waals surface area contributed by atoms with E-state index in [-0.39, 0.29) is 12.5 Å². The van der Waals surface area contributed by atoms with Crippen LogP contribution in [0.5, 0.6) is 5.75 Å². The number of fused-ring (bicyclic) bond motifs is 1. The summed E-state index contributed by atoms with van der Waals surface area (Å²) < 4.78 is 11.2. The Morgan fingerprint density at radius 2 is 1.79 bits per heavy atom. The van der Waals surface area contributed by atoms with Gasteiger partial charge in [0, 0.05) is 18.3 Å². The van der Waals surface area contributed by atoms with Gasteiger partial charge in [0.05, 0.1) is 0 Å². The van der Waals surface area contributed by atoms with Gasteiger partial charge in [-0.3, -0.25) is 4.79 Å². The Morgan fingerprint density at radius 1 is 1.03 bits per heavy atom. The maximum Gasteiger partial charge on any atom is 0.258 e. The van der Waals surface area contributed by atoms with Crippen molar-refractivity contribution < 1.29 is 13.9 Å². The number of hydrogen-bond acceptors (Lipinski definition) is 5.